The molecule has 0 aromatic heterocycles. The van der Waals surface area contributed by atoms with Crippen LogP contribution in [0.15, 0.2) is 66.7 Å². The molecule has 40 heavy (non-hydrogen) atoms. The van der Waals surface area contributed by atoms with Crippen molar-refractivity contribution in [2.75, 3.05) is 33.6 Å². The Morgan fingerprint density at radius 2 is 1.85 bits per heavy atom. The van der Waals surface area contributed by atoms with Crippen molar-refractivity contribution in [3.05, 3.63) is 83.7 Å². The Kier molecular flexibility index (Phi) is 10.7. The van der Waals surface area contributed by atoms with E-state index in [-0.39, 0.29) is 29.7 Å². The normalized spacial score (nSPS) is 15.7. The maximum atomic E-state index is 14.1. The number of benzene rings is 3. The molecule has 3 aromatic rings. The van der Waals surface area contributed by atoms with E-state index in [4.69, 9.17) is 4.74 Å². The summed E-state index contributed by atoms with van der Waals surface area (Å²) in [7, 11) is 0. The molecule has 1 heterocycles. The first-order valence-electron chi connectivity index (χ1n) is 13.3. The number of carbonyl (C=O) groups is 3. The first-order chi connectivity index (χ1) is 19.3. The first-order valence-corrected chi connectivity index (χ1v) is 18.6. The molecule has 1 aliphatic heterocycles. The van der Waals surface area contributed by atoms with Gasteiger partial charge in [0, 0.05) is 5.56 Å². The quantitative estimate of drug-likeness (QED) is 0.106. The molecule has 2 amide bonds. The number of hydrogen-bond acceptors (Lipinski definition) is 5. The monoisotopic (exact) mass is 659 g/mol. The zero-order valence-corrected chi connectivity index (χ0v) is 24.9. The van der Waals surface area contributed by atoms with Gasteiger partial charge >= 0.3 is 176 Å². The number of amides is 2. The molecule has 0 aliphatic carbocycles. The molecule has 1 saturated heterocycles. The maximum absolute atomic E-state index is 14.1. The van der Waals surface area contributed by atoms with E-state index >= 15 is 0 Å². The number of hydrogen-bond donors (Lipinski definition) is 2. The van der Waals surface area contributed by atoms with Crippen LogP contribution in [-0.2, 0) is 16.0 Å². The Balaban J connectivity index is 1.39. The number of aryl methyl sites for hydroxylation is 1. The summed E-state index contributed by atoms with van der Waals surface area (Å²) in [5, 5.41) is 5.54. The Hall–Kier alpha value is -3.31. The van der Waals surface area contributed by atoms with Crippen LogP contribution in [0.2, 0.25) is 0 Å². The van der Waals surface area contributed by atoms with Gasteiger partial charge in [-0.15, -0.1) is 0 Å². The van der Waals surface area contributed by atoms with E-state index in [0.717, 1.165) is 48.7 Å². The number of nitrogens with zero attached hydrogens (tertiary/aromatic N) is 1. The topological polar surface area (TPSA) is 87.7 Å². The Labute approximate surface area is 242 Å². The summed E-state index contributed by atoms with van der Waals surface area (Å²) in [5.74, 6) is -0.962. The minimum atomic E-state index is -1.12. The third-order valence-electron chi connectivity index (χ3n) is 6.76. The summed E-state index contributed by atoms with van der Waals surface area (Å²) in [4.78, 5) is 40.7. The molecule has 1 fully saturated rings. The SMILES string of the molecule is CI(C)N1CCCC(OC(=O)Nc2cc(CCCC(=O)Nc3ccc(C=O)cc3F)ccc2-c2ccccc2)C1. The van der Waals surface area contributed by atoms with Gasteiger partial charge < -0.3 is 5.32 Å². The van der Waals surface area contributed by atoms with Crippen molar-refractivity contribution < 1.29 is 23.5 Å². The zero-order valence-electron chi connectivity index (χ0n) is 22.8. The zero-order chi connectivity index (χ0) is 28.5. The third kappa shape index (κ3) is 8.34. The molecule has 212 valence electrons. The molecular weight excluding hydrogens is 624 g/mol. The van der Waals surface area contributed by atoms with Gasteiger partial charge in [-0.2, -0.15) is 0 Å². The summed E-state index contributed by atoms with van der Waals surface area (Å²) in [5.41, 5.74) is 3.73. The standard InChI is InChI=1S/C31H35FIN3O4/c1-33(2)36-17-7-11-25(20-36)40-31(39)35-29-19-22(13-15-26(29)24-9-4-3-5-10-24)8-6-12-30(38)34-28-16-14-23(21-37)18-27(28)32/h3-5,9-10,13-16,18-19,21,25H,6-8,11-12,17,20H2,1-2H3,(H,34,38)(H,35,39). The molecule has 0 radical (unpaired) electrons. The van der Waals surface area contributed by atoms with E-state index < -0.39 is 32.0 Å². The van der Waals surface area contributed by atoms with Gasteiger partial charge in [0.1, 0.15) is 12.1 Å². The molecule has 1 unspecified atom stereocenters. The number of carbonyl (C=O) groups excluding carboxylic acids is 3. The first kappa shape index (κ1) is 29.7. The molecule has 0 bridgehead atoms. The number of ether oxygens (including phenoxy) is 1. The average molecular weight is 660 g/mol. The number of halogens is 2. The number of piperidine rings is 1. The van der Waals surface area contributed by atoms with Gasteiger partial charge in [0.25, 0.3) is 0 Å². The summed E-state index contributed by atoms with van der Waals surface area (Å²) < 4.78 is 22.4. The molecule has 0 saturated carbocycles. The van der Waals surface area contributed by atoms with E-state index in [2.05, 4.69) is 23.6 Å². The van der Waals surface area contributed by atoms with Crippen LogP contribution in [0.3, 0.4) is 0 Å². The summed E-state index contributed by atoms with van der Waals surface area (Å²) in [6.07, 6.45) is 3.19. The Bertz CT molecular complexity index is 1340. The number of nitrogens with one attached hydrogen (secondary N) is 2. The van der Waals surface area contributed by atoms with Crippen LogP contribution >= 0.6 is 20.1 Å². The fourth-order valence-corrected chi connectivity index (χ4v) is 7.21. The number of rotatable bonds is 10. The van der Waals surface area contributed by atoms with E-state index in [1.165, 1.54) is 12.1 Å². The summed E-state index contributed by atoms with van der Waals surface area (Å²) >= 11 is -1.12. The van der Waals surface area contributed by atoms with Crippen molar-refractivity contribution in [1.29, 1.82) is 0 Å². The summed E-state index contributed by atoms with van der Waals surface area (Å²) in [6, 6.07) is 19.6. The Morgan fingerprint density at radius 1 is 1.05 bits per heavy atom. The second-order valence-electron chi connectivity index (χ2n) is 9.88. The molecule has 2 N–H and O–H groups in total. The molecule has 1 atom stereocenters. The van der Waals surface area contributed by atoms with Crippen molar-refractivity contribution in [2.24, 2.45) is 0 Å². The predicted molar refractivity (Wildman–Crippen MR) is 166 cm³/mol. The van der Waals surface area contributed by atoms with Gasteiger partial charge in [0.05, 0.1) is 5.69 Å². The third-order valence-corrected chi connectivity index (χ3v) is 10.4. The van der Waals surface area contributed by atoms with Gasteiger partial charge in [-0.05, 0) is 18.2 Å². The van der Waals surface area contributed by atoms with Gasteiger partial charge in [0.15, 0.2) is 0 Å². The van der Waals surface area contributed by atoms with Gasteiger partial charge in [-0.25, -0.2) is 4.39 Å². The fourth-order valence-electron chi connectivity index (χ4n) is 4.68. The van der Waals surface area contributed by atoms with Crippen molar-refractivity contribution in [3.63, 3.8) is 0 Å². The van der Waals surface area contributed by atoms with E-state index in [1.54, 1.807) is 0 Å². The van der Waals surface area contributed by atoms with Gasteiger partial charge in [-0.3, -0.25) is 9.59 Å². The Morgan fingerprint density at radius 3 is 2.58 bits per heavy atom. The van der Waals surface area contributed by atoms with Crippen molar-refractivity contribution in [3.8, 4) is 11.1 Å². The van der Waals surface area contributed by atoms with Crippen LogP contribution in [0, 0.1) is 5.82 Å². The van der Waals surface area contributed by atoms with Crippen LogP contribution in [0.25, 0.3) is 11.1 Å². The van der Waals surface area contributed by atoms with Gasteiger partial charge in [0.2, 0.25) is 5.91 Å². The minimum absolute atomic E-state index is 0.0462. The van der Waals surface area contributed by atoms with Gasteiger partial charge in [-0.1, -0.05) is 0 Å². The van der Waals surface area contributed by atoms with Crippen molar-refractivity contribution >= 4 is 49.8 Å². The fraction of sp³-hybridized carbons (Fsp3) is 0.323. The molecule has 1 aliphatic rings. The van der Waals surface area contributed by atoms with Crippen LogP contribution in [0.1, 0.15) is 41.6 Å². The van der Waals surface area contributed by atoms with E-state index in [9.17, 15) is 18.8 Å². The summed E-state index contributed by atoms with van der Waals surface area (Å²) in [6.45, 7) is 1.88. The molecular formula is C31H35FIN3O4. The van der Waals surface area contributed by atoms with Crippen molar-refractivity contribution in [1.82, 2.24) is 3.11 Å². The molecule has 3 aromatic carbocycles. The second-order valence-corrected chi connectivity index (χ2v) is 15.3. The van der Waals surface area contributed by atoms with Crippen molar-refractivity contribution in [2.45, 2.75) is 38.2 Å². The molecule has 0 spiro atoms. The molecule has 4 rings (SSSR count). The van der Waals surface area contributed by atoms with Crippen LogP contribution in [0.5, 0.6) is 0 Å². The number of anilines is 2. The van der Waals surface area contributed by atoms with E-state index in [1.807, 2.05) is 48.5 Å². The molecule has 9 heteroatoms. The van der Waals surface area contributed by atoms with Crippen LogP contribution < -0.4 is 10.6 Å². The number of aldehydes is 1. The molecule has 7 nitrogen and oxygen atoms in total. The van der Waals surface area contributed by atoms with Crippen LogP contribution in [0.4, 0.5) is 20.6 Å². The number of alkyl halides is 2. The average Bonchev–Trinajstić information content (AvgIpc) is 2.95. The van der Waals surface area contributed by atoms with E-state index in [0.29, 0.717) is 24.8 Å². The predicted octanol–water partition coefficient (Wildman–Crippen LogP) is 6.96. The second kappa shape index (κ2) is 14.4. The van der Waals surface area contributed by atoms with Crippen LogP contribution in [-0.4, -0.2) is 50.5 Å².